The summed E-state index contributed by atoms with van der Waals surface area (Å²) in [6, 6.07) is 32.2. The van der Waals surface area contributed by atoms with Crippen LogP contribution in [0.25, 0.3) is 0 Å². The fourth-order valence-corrected chi connectivity index (χ4v) is 10.1. The van der Waals surface area contributed by atoms with Crippen LogP contribution in [0.1, 0.15) is 57.8 Å². The minimum atomic E-state index is -6.46. The zero-order valence-corrected chi connectivity index (χ0v) is 27.0. The topological polar surface area (TPSA) is 83.5 Å². The third kappa shape index (κ3) is 7.63. The predicted molar refractivity (Wildman–Crippen MR) is 166 cm³/mol. The van der Waals surface area contributed by atoms with Gasteiger partial charge in [0.1, 0.15) is 0 Å². The van der Waals surface area contributed by atoms with Gasteiger partial charge >= 0.3 is 17.1 Å². The van der Waals surface area contributed by atoms with Gasteiger partial charge in [0.05, 0.1) is 22.9 Å². The van der Waals surface area contributed by atoms with Crippen LogP contribution in [0.3, 0.4) is 0 Å². The van der Waals surface area contributed by atoms with Gasteiger partial charge in [0.15, 0.2) is 24.8 Å². The highest BCUT2D eigenvalue weighted by molar-refractivity contribution is 7.97. The summed E-state index contributed by atoms with van der Waals surface area (Å²) in [6.07, 6.45) is 3.76. The maximum Gasteiger partial charge on any atom is 0.396 e. The Hall–Kier alpha value is -2.89. The Morgan fingerprint density at radius 2 is 1.13 bits per heavy atom. The maximum absolute atomic E-state index is 13.4. The van der Waals surface area contributed by atoms with E-state index >= 15 is 0 Å². The van der Waals surface area contributed by atoms with Crippen LogP contribution in [0.4, 0.5) is 17.6 Å². The number of carbonyl (C=O) groups is 1. The van der Waals surface area contributed by atoms with Crippen molar-refractivity contribution in [2.75, 3.05) is 6.61 Å². The van der Waals surface area contributed by atoms with Crippen LogP contribution in [0, 0.1) is 23.2 Å². The van der Waals surface area contributed by atoms with E-state index < -0.39 is 39.6 Å². The number of alkyl halides is 4. The van der Waals surface area contributed by atoms with Crippen LogP contribution in [0.15, 0.2) is 106 Å². The van der Waals surface area contributed by atoms with Gasteiger partial charge in [-0.2, -0.15) is 17.6 Å². The molecule has 3 aromatic carbocycles. The van der Waals surface area contributed by atoms with Crippen molar-refractivity contribution in [3.8, 4) is 0 Å². The summed E-state index contributed by atoms with van der Waals surface area (Å²) in [5.41, 5.74) is -0.484. The van der Waals surface area contributed by atoms with Crippen LogP contribution in [0.5, 0.6) is 0 Å². The van der Waals surface area contributed by atoms with E-state index in [1.54, 1.807) is 0 Å². The first-order valence-corrected chi connectivity index (χ1v) is 18.2. The molecule has 4 bridgehead atoms. The van der Waals surface area contributed by atoms with Crippen LogP contribution in [0.2, 0.25) is 0 Å². The number of esters is 1. The summed E-state index contributed by atoms with van der Waals surface area (Å²) in [4.78, 5) is 16.6. The zero-order chi connectivity index (χ0) is 33.0. The van der Waals surface area contributed by atoms with Crippen molar-refractivity contribution in [2.24, 2.45) is 23.2 Å². The minimum absolute atomic E-state index is 0.0146. The second kappa shape index (κ2) is 14.1. The SMILES string of the molecule is O=C(OCCCCC(F)(F)C(F)(F)S(=O)(=O)[O-])C12CC3CC(CC(C3)C1)C2.c1ccc([S+](c2ccccc2)c2ccccc2)cc1. The van der Waals surface area contributed by atoms with Crippen molar-refractivity contribution in [1.29, 1.82) is 0 Å². The van der Waals surface area contributed by atoms with Crippen LogP contribution in [-0.4, -0.2) is 36.7 Å². The van der Waals surface area contributed by atoms with Gasteiger partial charge in [0.25, 0.3) is 0 Å². The Morgan fingerprint density at radius 3 is 1.50 bits per heavy atom. The summed E-state index contributed by atoms with van der Waals surface area (Å²) >= 11 is 0. The molecule has 0 spiro atoms. The number of hydrogen-bond acceptors (Lipinski definition) is 5. The lowest BCUT2D eigenvalue weighted by molar-refractivity contribution is -0.172. The summed E-state index contributed by atoms with van der Waals surface area (Å²) < 4.78 is 89.0. The molecular formula is C35H38F4O5S2. The average molecular weight is 679 g/mol. The Balaban J connectivity index is 0.000000192. The fourth-order valence-electron chi connectivity index (χ4n) is 7.53. The Labute approximate surface area is 270 Å². The van der Waals surface area contributed by atoms with Gasteiger partial charge in [-0.3, -0.25) is 4.79 Å². The van der Waals surface area contributed by atoms with Gasteiger partial charge in [-0.15, -0.1) is 0 Å². The van der Waals surface area contributed by atoms with Gasteiger partial charge in [-0.1, -0.05) is 54.6 Å². The molecule has 4 fully saturated rings. The Kier molecular flexibility index (Phi) is 10.5. The van der Waals surface area contributed by atoms with E-state index in [0.29, 0.717) is 17.8 Å². The molecule has 0 unspecified atom stereocenters. The number of hydrogen-bond donors (Lipinski definition) is 0. The van der Waals surface area contributed by atoms with E-state index in [2.05, 4.69) is 91.0 Å². The van der Waals surface area contributed by atoms with Crippen LogP contribution < -0.4 is 0 Å². The highest BCUT2D eigenvalue weighted by Gasteiger charge is 2.61. The summed E-state index contributed by atoms with van der Waals surface area (Å²) in [7, 11) is -6.48. The number of rotatable bonds is 11. The van der Waals surface area contributed by atoms with Gasteiger partial charge in [0, 0.05) is 6.42 Å². The van der Waals surface area contributed by atoms with Crippen molar-refractivity contribution >= 4 is 27.0 Å². The number of halogens is 4. The van der Waals surface area contributed by atoms with E-state index in [-0.39, 0.29) is 29.9 Å². The molecular weight excluding hydrogens is 641 g/mol. The van der Waals surface area contributed by atoms with Crippen molar-refractivity contribution in [1.82, 2.24) is 0 Å². The molecule has 4 aliphatic rings. The molecule has 7 rings (SSSR count). The summed E-state index contributed by atoms with van der Waals surface area (Å²) in [6.45, 7) is -0.188. The molecule has 4 aliphatic carbocycles. The molecule has 11 heteroatoms. The molecule has 0 saturated heterocycles. The maximum atomic E-state index is 13.4. The molecule has 0 atom stereocenters. The standard InChI is InChI=1S/C18H15S.C17H24F4O5S/c1-4-10-16(11-5-1)19(17-12-6-2-7-13-17)18-14-8-3-9-15-18;18-16(19,17(20,21)27(23,24)25)3-1-2-4-26-14(22)15-8-11-5-12(9-15)7-13(6-11)10-15/h1-15H;11-13H,1-10H2,(H,23,24,25)/q+1;/p-1. The molecule has 0 heterocycles. The monoisotopic (exact) mass is 678 g/mol. The molecule has 0 aromatic heterocycles. The van der Waals surface area contributed by atoms with Gasteiger partial charge in [-0.05, 0) is 106 Å². The Morgan fingerprint density at radius 1 is 0.739 bits per heavy atom. The highest BCUT2D eigenvalue weighted by atomic mass is 32.2. The molecule has 248 valence electrons. The first kappa shape index (κ1) is 34.4. The predicted octanol–water partition coefficient (Wildman–Crippen LogP) is 8.47. The number of ether oxygens (including phenoxy) is 1. The fraction of sp³-hybridized carbons (Fsp3) is 0.457. The molecule has 3 aromatic rings. The van der Waals surface area contributed by atoms with Crippen molar-refractivity contribution in [3.63, 3.8) is 0 Å². The van der Waals surface area contributed by atoms with Crippen LogP contribution in [-0.2, 0) is 30.5 Å². The van der Waals surface area contributed by atoms with Crippen LogP contribution >= 0.6 is 0 Å². The Bertz CT molecular complexity index is 1420. The number of carbonyl (C=O) groups excluding carboxylic acids is 1. The normalized spacial score (nSPS) is 23.9. The van der Waals surface area contributed by atoms with Crippen molar-refractivity contribution < 1.29 is 40.1 Å². The third-order valence-electron chi connectivity index (χ3n) is 9.27. The highest BCUT2D eigenvalue weighted by Crippen LogP contribution is 2.60. The molecule has 4 saturated carbocycles. The van der Waals surface area contributed by atoms with Crippen molar-refractivity contribution in [2.45, 2.75) is 83.7 Å². The molecule has 0 aliphatic heterocycles. The lowest BCUT2D eigenvalue weighted by Crippen LogP contribution is -2.50. The molecule has 46 heavy (non-hydrogen) atoms. The van der Waals surface area contributed by atoms with E-state index in [0.717, 1.165) is 38.5 Å². The average Bonchev–Trinajstić information content (AvgIpc) is 3.01. The zero-order valence-electron chi connectivity index (χ0n) is 25.3. The number of benzene rings is 3. The van der Waals surface area contributed by atoms with E-state index in [1.165, 1.54) is 14.7 Å². The lowest BCUT2D eigenvalue weighted by Gasteiger charge is -2.55. The second-order valence-electron chi connectivity index (χ2n) is 12.7. The molecule has 5 nitrogen and oxygen atoms in total. The van der Waals surface area contributed by atoms with E-state index in [9.17, 15) is 35.3 Å². The molecule has 0 amide bonds. The second-order valence-corrected chi connectivity index (χ2v) is 16.2. The van der Waals surface area contributed by atoms with Gasteiger partial charge in [-0.25, -0.2) is 8.42 Å². The third-order valence-corrected chi connectivity index (χ3v) is 12.4. The summed E-state index contributed by atoms with van der Waals surface area (Å²) in [5.74, 6) is -3.67. The first-order valence-electron chi connectivity index (χ1n) is 15.6. The van der Waals surface area contributed by atoms with Gasteiger partial charge in [0.2, 0.25) is 0 Å². The first-order chi connectivity index (χ1) is 21.8. The molecule has 0 N–H and O–H groups in total. The van der Waals surface area contributed by atoms with E-state index in [1.807, 2.05) is 0 Å². The molecule has 0 radical (unpaired) electrons. The van der Waals surface area contributed by atoms with Crippen molar-refractivity contribution in [3.05, 3.63) is 91.0 Å². The minimum Gasteiger partial charge on any atom is -0.743 e. The quantitative estimate of drug-likeness (QED) is 0.0668. The van der Waals surface area contributed by atoms with E-state index in [4.69, 9.17) is 4.74 Å². The lowest BCUT2D eigenvalue weighted by atomic mass is 9.49. The summed E-state index contributed by atoms with van der Waals surface area (Å²) in [5, 5.41) is -5.66. The number of unbranched alkanes of at least 4 members (excludes halogenated alkanes) is 1. The van der Waals surface area contributed by atoms with Gasteiger partial charge < -0.3 is 9.29 Å². The smallest absolute Gasteiger partial charge is 0.396 e. The largest absolute Gasteiger partial charge is 0.743 e.